The number of ether oxygens (including phenoxy) is 7. The monoisotopic (exact) mass is 1230 g/mol. The summed E-state index contributed by atoms with van der Waals surface area (Å²) in [6.45, 7) is 30.2. The van der Waals surface area contributed by atoms with Gasteiger partial charge in [0.15, 0.2) is 0 Å². The van der Waals surface area contributed by atoms with Crippen molar-refractivity contribution in [2.24, 2.45) is 0 Å². The van der Waals surface area contributed by atoms with Crippen LogP contribution in [0.25, 0.3) is 23.3 Å². The predicted octanol–water partition coefficient (Wildman–Crippen LogP) is 12.4. The van der Waals surface area contributed by atoms with Crippen molar-refractivity contribution in [1.82, 2.24) is 21.3 Å². The highest BCUT2D eigenvalue weighted by Crippen LogP contribution is 2.48. The first-order chi connectivity index (χ1) is 42.6. The van der Waals surface area contributed by atoms with E-state index in [0.29, 0.717) is 149 Å². The Labute approximate surface area is 532 Å². The van der Waals surface area contributed by atoms with Gasteiger partial charge in [0.25, 0.3) is 11.8 Å². The fourth-order valence-electron chi connectivity index (χ4n) is 11.5. The second-order valence-electron chi connectivity index (χ2n) is 26.5. The molecule has 0 bridgehead atoms. The average molecular weight is 1230 g/mol. The van der Waals surface area contributed by atoms with E-state index in [1.54, 1.807) is 19.2 Å². The lowest BCUT2D eigenvalue weighted by atomic mass is 9.63. The lowest BCUT2D eigenvalue weighted by Crippen LogP contribution is -2.47. The molecule has 15 heteroatoms. The van der Waals surface area contributed by atoms with Gasteiger partial charge in [-0.05, 0) is 173 Å². The van der Waals surface area contributed by atoms with Crippen LogP contribution < -0.4 is 21.3 Å². The highest BCUT2D eigenvalue weighted by molar-refractivity contribution is 5.98. The zero-order chi connectivity index (χ0) is 64.3. The molecule has 1 atom stereocenters. The minimum atomic E-state index is -0.790. The molecule has 0 heterocycles. The van der Waals surface area contributed by atoms with Gasteiger partial charge in [-0.1, -0.05) is 128 Å². The summed E-state index contributed by atoms with van der Waals surface area (Å²) < 4.78 is 38.2. The Morgan fingerprint density at radius 1 is 0.427 bits per heavy atom. The molecule has 6 rings (SSSR count). The van der Waals surface area contributed by atoms with Crippen molar-refractivity contribution in [3.63, 3.8) is 0 Å². The molecule has 0 saturated heterocycles. The molecule has 0 radical (unpaired) electrons. The van der Waals surface area contributed by atoms with Crippen molar-refractivity contribution in [2.75, 3.05) is 113 Å². The van der Waals surface area contributed by atoms with E-state index in [4.69, 9.17) is 33.2 Å². The third kappa shape index (κ3) is 23.6. The highest BCUT2D eigenvalue weighted by atomic mass is 16.6. The molecule has 0 saturated carbocycles. The summed E-state index contributed by atoms with van der Waals surface area (Å²) in [5.41, 5.74) is 14.0. The molecular weight excluding hydrogens is 1120 g/mol. The maximum absolute atomic E-state index is 13.8. The number of nitrogens with one attached hydrogen (secondary N) is 4. The lowest BCUT2D eigenvalue weighted by molar-refractivity contribution is -0.123. The Hall–Kier alpha value is -6.04. The van der Waals surface area contributed by atoms with E-state index in [2.05, 4.69) is 139 Å². The number of rotatable bonds is 39. The molecule has 2 aliphatic rings. The van der Waals surface area contributed by atoms with Crippen LogP contribution in [0.2, 0.25) is 0 Å². The van der Waals surface area contributed by atoms with Crippen molar-refractivity contribution in [3.8, 4) is 0 Å². The quantitative estimate of drug-likeness (QED) is 0.0247. The zero-order valence-electron chi connectivity index (χ0n) is 55.7. The fraction of sp³-hybridized carbons (Fsp3) is 0.568. The molecule has 15 nitrogen and oxygen atoms in total. The van der Waals surface area contributed by atoms with E-state index in [0.717, 1.165) is 29.5 Å². The van der Waals surface area contributed by atoms with Crippen molar-refractivity contribution < 1.29 is 52.3 Å². The molecular formula is C74H106N4O11. The first-order valence-corrected chi connectivity index (χ1v) is 32.6. The number of methoxy groups -OCH3 is 1. The largest absolute Gasteiger partial charge is 0.382 e. The first-order valence-electron chi connectivity index (χ1n) is 32.6. The standard InChI is InChI=1S/C74H106N4O11/c1-54(60-25-27-62-64(52-60)73(7,8)32-30-71(62,3)4)50-56-17-21-58(22-18-56)68(80)76-34-13-12-16-66(78-69(81)59-23-19-57(20-24-59)51-55(2)61-26-28-63-65(53-61)74(9,10)33-31-72(63,5)6)70(82)77-36-15-38-85-43-46-88-45-42-84-37-14-35-75-67(79)29-39-86-44-47-89-49-48-87-41-40-83-11/h17-28,50-53,66H,12-16,29-49H2,1-11H3,(H,75,79)(H,76,80)(H,77,82)(H,78,81)/b54-50+,55-51+/t66-/m1/s1. The van der Waals surface area contributed by atoms with Gasteiger partial charge in [-0.3, -0.25) is 19.2 Å². The summed E-state index contributed by atoms with van der Waals surface area (Å²) in [6.07, 6.45) is 12.1. The number of benzene rings is 4. The number of unbranched alkanes of at least 4 members (excludes halogenated alkanes) is 1. The Morgan fingerprint density at radius 2 is 0.809 bits per heavy atom. The van der Waals surface area contributed by atoms with Crippen LogP contribution in [0.15, 0.2) is 84.9 Å². The molecule has 4 amide bonds. The molecule has 4 aromatic carbocycles. The minimum absolute atomic E-state index is 0.0685. The second-order valence-corrected chi connectivity index (χ2v) is 26.5. The molecule has 4 N–H and O–H groups in total. The van der Waals surface area contributed by atoms with E-state index in [1.807, 2.05) is 36.4 Å². The molecule has 0 aliphatic heterocycles. The van der Waals surface area contributed by atoms with Crippen molar-refractivity contribution in [1.29, 1.82) is 0 Å². The van der Waals surface area contributed by atoms with E-state index in [1.165, 1.54) is 51.8 Å². The van der Waals surface area contributed by atoms with E-state index < -0.39 is 6.04 Å². The van der Waals surface area contributed by atoms with Crippen LogP contribution in [0.5, 0.6) is 0 Å². The third-order valence-electron chi connectivity index (χ3n) is 17.5. The number of allylic oxidation sites excluding steroid dienone is 2. The van der Waals surface area contributed by atoms with E-state index in [-0.39, 0.29) is 51.7 Å². The Morgan fingerprint density at radius 3 is 1.27 bits per heavy atom. The van der Waals surface area contributed by atoms with Crippen molar-refractivity contribution >= 4 is 46.9 Å². The maximum atomic E-state index is 13.8. The van der Waals surface area contributed by atoms with Crippen LogP contribution in [-0.4, -0.2) is 142 Å². The Balaban J connectivity index is 0.909. The van der Waals surface area contributed by atoms with E-state index in [9.17, 15) is 19.2 Å². The van der Waals surface area contributed by atoms with Crippen LogP contribution in [0.4, 0.5) is 0 Å². The number of hydrogen-bond acceptors (Lipinski definition) is 11. The van der Waals surface area contributed by atoms with Crippen LogP contribution in [0, 0.1) is 0 Å². The van der Waals surface area contributed by atoms with E-state index >= 15 is 0 Å². The summed E-state index contributed by atoms with van der Waals surface area (Å²) in [7, 11) is 1.63. The summed E-state index contributed by atoms with van der Waals surface area (Å²) in [5.74, 6) is -0.837. The molecule has 4 aromatic rings. The van der Waals surface area contributed by atoms with Gasteiger partial charge in [0.05, 0.1) is 72.7 Å². The smallest absolute Gasteiger partial charge is 0.251 e. The summed E-state index contributed by atoms with van der Waals surface area (Å²) in [5, 5.41) is 11.9. The topological polar surface area (TPSA) is 181 Å². The normalized spacial score (nSPS) is 16.0. The summed E-state index contributed by atoms with van der Waals surface area (Å²) in [4.78, 5) is 53.0. The van der Waals surface area contributed by atoms with Crippen molar-refractivity contribution in [3.05, 3.63) is 141 Å². The Kier molecular flexibility index (Phi) is 29.2. The second kappa shape index (κ2) is 36.1. The number of carbonyl (C=O) groups is 4. The van der Waals surface area contributed by atoms with Gasteiger partial charge in [-0.2, -0.15) is 0 Å². The summed E-state index contributed by atoms with van der Waals surface area (Å²) in [6, 6.07) is 28.2. The predicted molar refractivity (Wildman–Crippen MR) is 358 cm³/mol. The number of amides is 4. The SMILES string of the molecule is COCCOCCOCCOCCC(=O)NCCCOCCOCCOCCCNC(=O)[C@@H](CCCCNC(=O)c1ccc(/C=C(\C)c2ccc3c(c2)C(C)(C)CCC3(C)C)cc1)NC(=O)c1ccc(/C=C(\C)c2ccc3c(c2)C(C)(C)CCC3(C)C)cc1. The van der Waals surface area contributed by atoms with Gasteiger partial charge in [-0.25, -0.2) is 0 Å². The molecule has 89 heavy (non-hydrogen) atoms. The first kappa shape index (κ1) is 72.0. The van der Waals surface area contributed by atoms with Gasteiger partial charge in [0, 0.05) is 57.5 Å². The van der Waals surface area contributed by atoms with Gasteiger partial charge in [0.2, 0.25) is 11.8 Å². The third-order valence-corrected chi connectivity index (χ3v) is 17.5. The number of fused-ring (bicyclic) bond motifs is 2. The van der Waals surface area contributed by atoms with Crippen molar-refractivity contribution in [2.45, 2.75) is 161 Å². The molecule has 0 unspecified atom stereocenters. The minimum Gasteiger partial charge on any atom is -0.382 e. The average Bonchev–Trinajstić information content (AvgIpc) is 1.50. The molecule has 0 aromatic heterocycles. The number of hydrogen-bond donors (Lipinski definition) is 4. The lowest BCUT2D eigenvalue weighted by Gasteiger charge is -2.42. The molecule has 2 aliphatic carbocycles. The molecule has 0 fully saturated rings. The zero-order valence-corrected chi connectivity index (χ0v) is 55.7. The van der Waals surface area contributed by atoms with Crippen LogP contribution in [0.1, 0.15) is 199 Å². The van der Waals surface area contributed by atoms with Crippen LogP contribution in [-0.2, 0) is 64.4 Å². The number of carbonyl (C=O) groups excluding carboxylic acids is 4. The van der Waals surface area contributed by atoms with Crippen LogP contribution in [0.3, 0.4) is 0 Å². The molecule has 488 valence electrons. The van der Waals surface area contributed by atoms with Crippen LogP contribution >= 0.6 is 0 Å². The molecule has 0 spiro atoms. The summed E-state index contributed by atoms with van der Waals surface area (Å²) >= 11 is 0. The van der Waals surface area contributed by atoms with Gasteiger partial charge < -0.3 is 54.4 Å². The maximum Gasteiger partial charge on any atom is 0.251 e. The van der Waals surface area contributed by atoms with Gasteiger partial charge in [-0.15, -0.1) is 0 Å². The van der Waals surface area contributed by atoms with Gasteiger partial charge >= 0.3 is 0 Å². The highest BCUT2D eigenvalue weighted by Gasteiger charge is 2.38. The Bertz CT molecular complexity index is 2930. The fourth-order valence-corrected chi connectivity index (χ4v) is 11.5. The van der Waals surface area contributed by atoms with Gasteiger partial charge in [0.1, 0.15) is 6.04 Å².